The molecular weight excluding hydrogens is 280 g/mol. The van der Waals surface area contributed by atoms with Gasteiger partial charge in [-0.1, -0.05) is 5.16 Å². The molecular formula is C14H15F2N3O2. The van der Waals surface area contributed by atoms with Gasteiger partial charge >= 0.3 is 0 Å². The van der Waals surface area contributed by atoms with Gasteiger partial charge in [-0.2, -0.15) is 4.98 Å². The highest BCUT2D eigenvalue weighted by atomic mass is 19.1. The number of nitrogens with two attached hydrogens (primary N) is 1. The maximum Gasteiger partial charge on any atom is 0.234 e. The van der Waals surface area contributed by atoms with Gasteiger partial charge in [0.05, 0.1) is 5.41 Å². The smallest absolute Gasteiger partial charge is 0.234 e. The van der Waals surface area contributed by atoms with Crippen molar-refractivity contribution in [1.82, 2.24) is 10.1 Å². The van der Waals surface area contributed by atoms with Gasteiger partial charge in [-0.25, -0.2) is 8.78 Å². The summed E-state index contributed by atoms with van der Waals surface area (Å²) in [6, 6.07) is 3.12. The lowest BCUT2D eigenvalue weighted by Crippen LogP contribution is -2.40. The van der Waals surface area contributed by atoms with Crippen molar-refractivity contribution in [3.05, 3.63) is 35.7 Å². The highest BCUT2D eigenvalue weighted by Gasteiger charge is 2.38. The maximum absolute atomic E-state index is 13.3. The predicted molar refractivity (Wildman–Crippen MR) is 70.4 cm³/mol. The van der Waals surface area contributed by atoms with Crippen molar-refractivity contribution in [2.75, 3.05) is 19.8 Å². The van der Waals surface area contributed by atoms with E-state index in [1.54, 1.807) is 0 Å². The Hall–Kier alpha value is -1.86. The van der Waals surface area contributed by atoms with Crippen molar-refractivity contribution in [2.45, 2.75) is 18.3 Å². The van der Waals surface area contributed by atoms with Gasteiger partial charge in [0.15, 0.2) is 0 Å². The van der Waals surface area contributed by atoms with Crippen LogP contribution in [0.4, 0.5) is 8.78 Å². The van der Waals surface area contributed by atoms with Crippen LogP contribution >= 0.6 is 0 Å². The molecule has 0 bridgehead atoms. The summed E-state index contributed by atoms with van der Waals surface area (Å²) < 4.78 is 37.1. The lowest BCUT2D eigenvalue weighted by molar-refractivity contribution is 0.0409. The van der Waals surface area contributed by atoms with Crippen molar-refractivity contribution in [3.8, 4) is 11.4 Å². The zero-order valence-corrected chi connectivity index (χ0v) is 11.3. The second-order valence-corrected chi connectivity index (χ2v) is 5.18. The zero-order chi connectivity index (χ0) is 14.9. The average molecular weight is 295 g/mol. The number of nitrogens with zero attached hydrogens (tertiary/aromatic N) is 2. The van der Waals surface area contributed by atoms with Crippen LogP contribution in [0.3, 0.4) is 0 Å². The fourth-order valence-corrected chi connectivity index (χ4v) is 2.51. The molecule has 21 heavy (non-hydrogen) atoms. The number of hydrogen-bond donors (Lipinski definition) is 1. The topological polar surface area (TPSA) is 74.2 Å². The third-order valence-corrected chi connectivity index (χ3v) is 3.84. The van der Waals surface area contributed by atoms with E-state index in [0.717, 1.165) is 18.2 Å². The Morgan fingerprint density at radius 1 is 1.14 bits per heavy atom. The first-order valence-electron chi connectivity index (χ1n) is 6.71. The van der Waals surface area contributed by atoms with Gasteiger partial charge < -0.3 is 15.0 Å². The first-order chi connectivity index (χ1) is 10.1. The van der Waals surface area contributed by atoms with Gasteiger partial charge in [0, 0.05) is 31.4 Å². The lowest BCUT2D eigenvalue weighted by Gasteiger charge is -2.32. The van der Waals surface area contributed by atoms with Crippen molar-refractivity contribution in [1.29, 1.82) is 0 Å². The van der Waals surface area contributed by atoms with Gasteiger partial charge in [-0.15, -0.1) is 0 Å². The molecule has 0 saturated carbocycles. The molecule has 0 radical (unpaired) electrons. The third kappa shape index (κ3) is 2.66. The molecule has 1 fully saturated rings. The van der Waals surface area contributed by atoms with E-state index < -0.39 is 17.0 Å². The molecule has 2 N–H and O–H groups in total. The fourth-order valence-electron chi connectivity index (χ4n) is 2.51. The van der Waals surface area contributed by atoms with Gasteiger partial charge in [0.25, 0.3) is 0 Å². The van der Waals surface area contributed by atoms with E-state index in [1.807, 2.05) is 0 Å². The molecule has 112 valence electrons. The summed E-state index contributed by atoms with van der Waals surface area (Å²) in [4.78, 5) is 4.28. The van der Waals surface area contributed by atoms with E-state index in [2.05, 4.69) is 10.1 Å². The number of benzene rings is 1. The van der Waals surface area contributed by atoms with Crippen molar-refractivity contribution in [2.24, 2.45) is 5.73 Å². The minimum atomic E-state index is -0.684. The molecule has 3 rings (SSSR count). The Kier molecular flexibility index (Phi) is 3.69. The molecule has 7 heteroatoms. The second-order valence-electron chi connectivity index (χ2n) is 5.18. The van der Waals surface area contributed by atoms with Crippen molar-refractivity contribution >= 4 is 0 Å². The number of ether oxygens (including phenoxy) is 1. The Bertz CT molecular complexity index is 619. The molecule has 1 aromatic heterocycles. The Labute approximate surface area is 120 Å². The molecule has 1 saturated heterocycles. The van der Waals surface area contributed by atoms with Gasteiger partial charge in [-0.05, 0) is 25.0 Å². The van der Waals surface area contributed by atoms with Gasteiger partial charge in [0.1, 0.15) is 11.6 Å². The molecule has 0 aliphatic carbocycles. The van der Waals surface area contributed by atoms with E-state index in [9.17, 15) is 8.78 Å². The molecule has 0 atom stereocenters. The summed E-state index contributed by atoms with van der Waals surface area (Å²) in [6.07, 6.45) is 1.37. The summed E-state index contributed by atoms with van der Waals surface area (Å²) in [7, 11) is 0. The van der Waals surface area contributed by atoms with E-state index in [4.69, 9.17) is 15.0 Å². The Balaban J connectivity index is 1.95. The molecule has 0 unspecified atom stereocenters. The normalized spacial score (nSPS) is 17.9. The van der Waals surface area contributed by atoms with E-state index in [1.165, 1.54) is 0 Å². The van der Waals surface area contributed by atoms with Crippen LogP contribution in [-0.4, -0.2) is 29.9 Å². The minimum absolute atomic E-state index is 0.155. The monoisotopic (exact) mass is 295 g/mol. The summed E-state index contributed by atoms with van der Waals surface area (Å²) in [5.41, 5.74) is 5.68. The standard InChI is InChI=1S/C14H15F2N3O2/c15-10-5-9(6-11(16)7-10)12-18-13(21-19-12)14(8-17)1-3-20-4-2-14/h5-7H,1-4,8,17H2. The van der Waals surface area contributed by atoms with E-state index >= 15 is 0 Å². The van der Waals surface area contributed by atoms with Gasteiger partial charge in [0.2, 0.25) is 11.7 Å². The molecule has 0 amide bonds. The zero-order valence-electron chi connectivity index (χ0n) is 11.3. The summed E-state index contributed by atoms with van der Waals surface area (Å²) in [5.74, 6) is -0.817. The number of hydrogen-bond acceptors (Lipinski definition) is 5. The highest BCUT2D eigenvalue weighted by Crippen LogP contribution is 2.33. The number of rotatable bonds is 3. The molecule has 1 aromatic carbocycles. The summed E-state index contributed by atoms with van der Waals surface area (Å²) >= 11 is 0. The second kappa shape index (κ2) is 5.50. The summed E-state index contributed by atoms with van der Waals surface area (Å²) in [6.45, 7) is 1.50. The van der Waals surface area contributed by atoms with Crippen LogP contribution in [0.15, 0.2) is 22.7 Å². The number of aromatic nitrogens is 2. The van der Waals surface area contributed by atoms with Crippen LogP contribution < -0.4 is 5.73 Å². The van der Waals surface area contributed by atoms with Crippen LogP contribution in [0.2, 0.25) is 0 Å². The molecule has 5 nitrogen and oxygen atoms in total. The predicted octanol–water partition coefficient (Wildman–Crippen LogP) is 2.02. The summed E-state index contributed by atoms with van der Waals surface area (Å²) in [5, 5.41) is 3.82. The van der Waals surface area contributed by atoms with Crippen LogP contribution in [0.5, 0.6) is 0 Å². The van der Waals surface area contributed by atoms with Gasteiger partial charge in [-0.3, -0.25) is 0 Å². The van der Waals surface area contributed by atoms with Crippen LogP contribution in [0, 0.1) is 11.6 Å². The number of halogens is 2. The van der Waals surface area contributed by atoms with Crippen molar-refractivity contribution in [3.63, 3.8) is 0 Å². The average Bonchev–Trinajstić information content (AvgIpc) is 2.97. The fraction of sp³-hybridized carbons (Fsp3) is 0.429. The first-order valence-corrected chi connectivity index (χ1v) is 6.71. The quantitative estimate of drug-likeness (QED) is 0.937. The Morgan fingerprint density at radius 3 is 2.43 bits per heavy atom. The molecule has 1 aliphatic heterocycles. The SMILES string of the molecule is NCC1(c2nc(-c3cc(F)cc(F)c3)no2)CCOCC1. The maximum atomic E-state index is 13.3. The highest BCUT2D eigenvalue weighted by molar-refractivity contribution is 5.54. The van der Waals surface area contributed by atoms with Crippen LogP contribution in [0.1, 0.15) is 18.7 Å². The van der Waals surface area contributed by atoms with Crippen LogP contribution in [-0.2, 0) is 10.2 Å². The Morgan fingerprint density at radius 2 is 1.81 bits per heavy atom. The first kappa shape index (κ1) is 14.1. The third-order valence-electron chi connectivity index (χ3n) is 3.84. The molecule has 1 aliphatic rings. The largest absolute Gasteiger partial charge is 0.381 e. The lowest BCUT2D eigenvalue weighted by atomic mass is 9.80. The minimum Gasteiger partial charge on any atom is -0.381 e. The van der Waals surface area contributed by atoms with E-state index in [-0.39, 0.29) is 11.4 Å². The molecule has 2 aromatic rings. The molecule has 2 heterocycles. The van der Waals surface area contributed by atoms with Crippen LogP contribution in [0.25, 0.3) is 11.4 Å². The molecule has 0 spiro atoms. The van der Waals surface area contributed by atoms with E-state index in [0.29, 0.717) is 38.5 Å². The van der Waals surface area contributed by atoms with Crippen molar-refractivity contribution < 1.29 is 18.0 Å².